The van der Waals surface area contributed by atoms with Crippen LogP contribution in [0.5, 0.6) is 0 Å². The molecule has 2 aromatic rings. The van der Waals surface area contributed by atoms with E-state index in [1.165, 1.54) is 18.5 Å². The van der Waals surface area contributed by atoms with Gasteiger partial charge in [0.2, 0.25) is 0 Å². The predicted octanol–water partition coefficient (Wildman–Crippen LogP) is 2.87. The van der Waals surface area contributed by atoms with Gasteiger partial charge in [-0.15, -0.1) is 0 Å². The summed E-state index contributed by atoms with van der Waals surface area (Å²) in [6, 6.07) is 9.11. The van der Waals surface area contributed by atoms with Crippen molar-refractivity contribution in [3.8, 4) is 0 Å². The molecule has 3 rings (SSSR count). The summed E-state index contributed by atoms with van der Waals surface area (Å²) >= 11 is 6.05. The monoisotopic (exact) mass is 344 g/mol. The first-order valence-electron chi connectivity index (χ1n) is 7.76. The maximum Gasteiger partial charge on any atom is 0.336 e. The first-order chi connectivity index (χ1) is 11.6. The first kappa shape index (κ1) is 16.5. The Labute approximate surface area is 145 Å². The van der Waals surface area contributed by atoms with Crippen LogP contribution in [-0.4, -0.2) is 23.5 Å². The number of nitrogens with one attached hydrogen (secondary N) is 1. The van der Waals surface area contributed by atoms with Crippen molar-refractivity contribution < 1.29 is 14.3 Å². The van der Waals surface area contributed by atoms with Crippen LogP contribution in [-0.2, 0) is 21.5 Å². The van der Waals surface area contributed by atoms with E-state index < -0.39 is 17.4 Å². The molecule has 24 heavy (non-hydrogen) atoms. The van der Waals surface area contributed by atoms with Gasteiger partial charge in [0.15, 0.2) is 5.54 Å². The molecule has 0 saturated heterocycles. The zero-order valence-corrected chi connectivity index (χ0v) is 14.0. The van der Waals surface area contributed by atoms with Crippen molar-refractivity contribution in [2.45, 2.75) is 25.3 Å². The van der Waals surface area contributed by atoms with E-state index in [0.29, 0.717) is 12.8 Å². The van der Waals surface area contributed by atoms with Crippen LogP contribution in [0.2, 0.25) is 5.02 Å². The summed E-state index contributed by atoms with van der Waals surface area (Å²) in [6.45, 7) is 1.99. The van der Waals surface area contributed by atoms with Crippen molar-refractivity contribution in [2.75, 3.05) is 6.61 Å². The Bertz CT molecular complexity index is 793. The molecular formula is C18H17ClN2O3. The highest BCUT2D eigenvalue weighted by Crippen LogP contribution is 2.38. The van der Waals surface area contributed by atoms with Gasteiger partial charge in [-0.1, -0.05) is 35.9 Å². The molecule has 1 amide bonds. The third-order valence-electron chi connectivity index (χ3n) is 4.21. The molecule has 0 saturated carbocycles. The predicted molar refractivity (Wildman–Crippen MR) is 89.8 cm³/mol. The number of aryl methyl sites for hydroxylation is 1. The molecule has 0 spiro atoms. The van der Waals surface area contributed by atoms with E-state index in [1.54, 1.807) is 6.92 Å². The number of rotatable bonds is 4. The lowest BCUT2D eigenvalue weighted by Gasteiger charge is -2.29. The summed E-state index contributed by atoms with van der Waals surface area (Å²) in [5, 5.41) is 3.10. The maximum atomic E-state index is 12.7. The van der Waals surface area contributed by atoms with Gasteiger partial charge >= 0.3 is 5.97 Å². The Morgan fingerprint density at radius 1 is 1.33 bits per heavy atom. The van der Waals surface area contributed by atoms with E-state index in [9.17, 15) is 9.59 Å². The van der Waals surface area contributed by atoms with E-state index in [-0.39, 0.29) is 17.2 Å². The van der Waals surface area contributed by atoms with Crippen LogP contribution in [0.4, 0.5) is 0 Å². The fourth-order valence-corrected chi connectivity index (χ4v) is 3.28. The fraction of sp³-hybridized carbons (Fsp3) is 0.278. The van der Waals surface area contributed by atoms with Crippen molar-refractivity contribution in [3.63, 3.8) is 0 Å². The van der Waals surface area contributed by atoms with Gasteiger partial charge in [-0.3, -0.25) is 9.78 Å². The zero-order valence-electron chi connectivity index (χ0n) is 13.2. The molecule has 124 valence electrons. The normalized spacial score (nSPS) is 18.8. The van der Waals surface area contributed by atoms with Gasteiger partial charge in [0.1, 0.15) is 0 Å². The third kappa shape index (κ3) is 2.76. The standard InChI is InChI=1S/C18H17ClN2O3/c1-2-24-17(23)18(9-7-12-5-3-4-6-14(12)18)21-16(22)13-8-10-20-11-15(13)19/h3-6,8,10-11H,2,7,9H2,1H3,(H,21,22)/t18-/m1/s1. The quantitative estimate of drug-likeness (QED) is 0.866. The molecule has 1 aromatic heterocycles. The molecule has 1 atom stereocenters. The molecule has 0 radical (unpaired) electrons. The molecule has 1 aliphatic rings. The number of ether oxygens (including phenoxy) is 1. The topological polar surface area (TPSA) is 68.3 Å². The molecule has 0 bridgehead atoms. The lowest BCUT2D eigenvalue weighted by molar-refractivity contribution is -0.151. The number of halogens is 1. The van der Waals surface area contributed by atoms with Crippen LogP contribution < -0.4 is 5.32 Å². The minimum absolute atomic E-state index is 0.236. The number of esters is 1. The van der Waals surface area contributed by atoms with Crippen LogP contribution in [0.25, 0.3) is 0 Å². The highest BCUT2D eigenvalue weighted by atomic mass is 35.5. The molecule has 1 heterocycles. The van der Waals surface area contributed by atoms with E-state index in [0.717, 1.165) is 11.1 Å². The number of carbonyl (C=O) groups is 2. The molecule has 1 aromatic carbocycles. The average molecular weight is 345 g/mol. The van der Waals surface area contributed by atoms with Gasteiger partial charge in [-0.25, -0.2) is 4.79 Å². The van der Waals surface area contributed by atoms with Gasteiger partial charge in [0, 0.05) is 12.4 Å². The van der Waals surface area contributed by atoms with Gasteiger partial charge in [-0.05, 0) is 37.0 Å². The fourth-order valence-electron chi connectivity index (χ4n) is 3.08. The van der Waals surface area contributed by atoms with Crippen LogP contribution in [0.1, 0.15) is 34.8 Å². The number of nitrogens with zero attached hydrogens (tertiary/aromatic N) is 1. The second-order valence-electron chi connectivity index (χ2n) is 5.59. The summed E-state index contributed by atoms with van der Waals surface area (Å²) in [4.78, 5) is 29.3. The molecule has 1 N–H and O–H groups in total. The maximum absolute atomic E-state index is 12.7. The molecule has 6 heteroatoms. The van der Waals surface area contributed by atoms with Crippen molar-refractivity contribution >= 4 is 23.5 Å². The number of hydrogen-bond donors (Lipinski definition) is 1. The lowest BCUT2D eigenvalue weighted by Crippen LogP contribution is -2.51. The SMILES string of the molecule is CCOC(=O)[C@@]1(NC(=O)c2ccncc2Cl)CCc2ccccc21. The summed E-state index contributed by atoms with van der Waals surface area (Å²) < 4.78 is 5.25. The minimum atomic E-state index is -1.18. The van der Waals surface area contributed by atoms with Gasteiger partial charge in [0.25, 0.3) is 5.91 Å². The Morgan fingerprint density at radius 3 is 2.88 bits per heavy atom. The van der Waals surface area contributed by atoms with E-state index in [4.69, 9.17) is 16.3 Å². The van der Waals surface area contributed by atoms with Crippen LogP contribution in [0, 0.1) is 0 Å². The molecule has 0 unspecified atom stereocenters. The van der Waals surface area contributed by atoms with Gasteiger partial charge < -0.3 is 10.1 Å². The van der Waals surface area contributed by atoms with E-state index in [1.807, 2.05) is 24.3 Å². The second kappa shape index (κ2) is 6.61. The molecule has 5 nitrogen and oxygen atoms in total. The number of benzene rings is 1. The molecule has 1 aliphatic carbocycles. The Hall–Kier alpha value is -2.40. The Kier molecular flexibility index (Phi) is 4.53. The highest BCUT2D eigenvalue weighted by molar-refractivity contribution is 6.33. The van der Waals surface area contributed by atoms with E-state index >= 15 is 0 Å². The van der Waals surface area contributed by atoms with Crippen molar-refractivity contribution in [1.82, 2.24) is 10.3 Å². The van der Waals surface area contributed by atoms with Crippen molar-refractivity contribution in [2.24, 2.45) is 0 Å². The zero-order chi connectivity index (χ0) is 17.2. The largest absolute Gasteiger partial charge is 0.464 e. The summed E-state index contributed by atoms with van der Waals surface area (Å²) in [5.74, 6) is -0.874. The first-order valence-corrected chi connectivity index (χ1v) is 8.14. The van der Waals surface area contributed by atoms with Crippen LogP contribution in [0.15, 0.2) is 42.7 Å². The number of amides is 1. The van der Waals surface area contributed by atoms with Crippen LogP contribution in [0.3, 0.4) is 0 Å². The second-order valence-corrected chi connectivity index (χ2v) is 6.00. The number of pyridine rings is 1. The summed E-state index contributed by atoms with van der Waals surface area (Å²) in [7, 11) is 0. The highest BCUT2D eigenvalue weighted by Gasteiger charge is 2.48. The van der Waals surface area contributed by atoms with Crippen LogP contribution >= 0.6 is 11.6 Å². The van der Waals surface area contributed by atoms with E-state index in [2.05, 4.69) is 10.3 Å². The van der Waals surface area contributed by atoms with Crippen molar-refractivity contribution in [3.05, 3.63) is 64.4 Å². The average Bonchev–Trinajstić information content (AvgIpc) is 2.95. The van der Waals surface area contributed by atoms with Gasteiger partial charge in [-0.2, -0.15) is 0 Å². The number of carbonyl (C=O) groups excluding carboxylic acids is 2. The molecule has 0 aliphatic heterocycles. The third-order valence-corrected chi connectivity index (χ3v) is 4.52. The number of aromatic nitrogens is 1. The lowest BCUT2D eigenvalue weighted by atomic mass is 9.91. The Balaban J connectivity index is 2.00. The summed E-state index contributed by atoms with van der Waals surface area (Å²) in [5.41, 5.74) is 0.907. The number of hydrogen-bond acceptors (Lipinski definition) is 4. The summed E-state index contributed by atoms with van der Waals surface area (Å²) in [6.07, 6.45) is 4.04. The minimum Gasteiger partial charge on any atom is -0.464 e. The smallest absolute Gasteiger partial charge is 0.336 e. The number of fused-ring (bicyclic) bond motifs is 1. The molecule has 0 fully saturated rings. The molecular weight excluding hydrogens is 328 g/mol. The van der Waals surface area contributed by atoms with Crippen molar-refractivity contribution in [1.29, 1.82) is 0 Å². The van der Waals surface area contributed by atoms with Gasteiger partial charge in [0.05, 0.1) is 17.2 Å². The Morgan fingerprint density at radius 2 is 2.12 bits per heavy atom.